The zero-order chi connectivity index (χ0) is 33.5. The second-order valence-corrected chi connectivity index (χ2v) is 13.3. The van der Waals surface area contributed by atoms with Crippen LogP contribution < -0.4 is 0 Å². The normalized spacial score (nSPS) is 11.9. The van der Waals surface area contributed by atoms with Crippen molar-refractivity contribution in [3.8, 4) is 33.6 Å². The van der Waals surface area contributed by atoms with Gasteiger partial charge in [0, 0.05) is 38.0 Å². The molecule has 0 saturated carbocycles. The summed E-state index contributed by atoms with van der Waals surface area (Å²) in [6.07, 6.45) is 0. The smallest absolute Gasteiger partial charge is 0.159 e. The van der Waals surface area contributed by atoms with Crippen LogP contribution in [-0.2, 0) is 0 Å². The molecule has 0 unspecified atom stereocenters. The molecule has 0 amide bonds. The first kappa shape index (κ1) is 28.0. The zero-order valence-electron chi connectivity index (χ0n) is 27.6. The van der Waals surface area contributed by atoms with E-state index in [1.165, 1.54) is 54.8 Å². The van der Waals surface area contributed by atoms with Crippen molar-refractivity contribution in [2.75, 3.05) is 0 Å². The van der Waals surface area contributed by atoms with Gasteiger partial charge >= 0.3 is 0 Å². The fourth-order valence-electron chi connectivity index (χ4n) is 8.28. The highest BCUT2D eigenvalue weighted by Crippen LogP contribution is 2.44. The predicted octanol–water partition coefficient (Wildman–Crippen LogP) is 13.1. The van der Waals surface area contributed by atoms with Gasteiger partial charge in [0.25, 0.3) is 0 Å². The molecule has 0 spiro atoms. The second kappa shape index (κ2) is 10.8. The molecule has 0 atom stereocenters. The van der Waals surface area contributed by atoms with E-state index < -0.39 is 0 Å². The van der Waals surface area contributed by atoms with Crippen LogP contribution in [0.4, 0.5) is 0 Å². The van der Waals surface area contributed by atoms with Crippen LogP contribution in [-0.4, -0.2) is 9.13 Å². The Kier molecular flexibility index (Phi) is 5.96. The van der Waals surface area contributed by atoms with Crippen molar-refractivity contribution in [1.29, 1.82) is 0 Å². The van der Waals surface area contributed by atoms with Gasteiger partial charge in [-0.1, -0.05) is 127 Å². The van der Waals surface area contributed by atoms with Crippen LogP contribution in [0, 0.1) is 0 Å². The minimum atomic E-state index is 0.901. The summed E-state index contributed by atoms with van der Waals surface area (Å²) >= 11 is 0. The monoisotopic (exact) mass is 650 g/mol. The molecular weight excluding hydrogens is 621 g/mol. The van der Waals surface area contributed by atoms with Crippen LogP contribution in [0.5, 0.6) is 0 Å². The van der Waals surface area contributed by atoms with Crippen LogP contribution in [0.2, 0.25) is 0 Å². The first-order valence-electron chi connectivity index (χ1n) is 17.4. The van der Waals surface area contributed by atoms with Gasteiger partial charge in [-0.3, -0.25) is 0 Å². The maximum absolute atomic E-state index is 6.57. The molecular formula is C48H30N2O. The molecule has 3 heterocycles. The largest absolute Gasteiger partial charge is 0.454 e. The number of nitrogens with zero attached hydrogens (tertiary/aromatic N) is 2. The van der Waals surface area contributed by atoms with Gasteiger partial charge in [0.15, 0.2) is 5.58 Å². The molecule has 0 radical (unpaired) electrons. The molecule has 11 aromatic rings. The lowest BCUT2D eigenvalue weighted by molar-refractivity contribution is 0.666. The fraction of sp³-hybridized carbons (Fsp3) is 0. The van der Waals surface area contributed by atoms with Gasteiger partial charge in [0.2, 0.25) is 0 Å². The van der Waals surface area contributed by atoms with Crippen molar-refractivity contribution in [1.82, 2.24) is 9.13 Å². The van der Waals surface area contributed by atoms with Gasteiger partial charge in [-0.2, -0.15) is 0 Å². The van der Waals surface area contributed by atoms with Gasteiger partial charge in [0.1, 0.15) is 5.58 Å². The number of para-hydroxylation sites is 4. The van der Waals surface area contributed by atoms with E-state index in [1.807, 2.05) is 6.07 Å². The molecule has 8 aromatic carbocycles. The molecule has 0 fully saturated rings. The standard InChI is InChI=1S/C48H30N2O/c1-2-12-31(13-3-1)33-14-10-15-34(30-33)32-24-26-35(27-25-32)49-40-20-7-4-17-38(40)46-42(49)28-29-43-47(46)39-18-5-8-21-41(39)50(43)44-22-11-19-37-36-16-6-9-23-45(36)51-48(37)44/h1-30H. The summed E-state index contributed by atoms with van der Waals surface area (Å²) in [4.78, 5) is 0. The Labute approximate surface area is 293 Å². The molecule has 0 aliphatic heterocycles. The van der Waals surface area contributed by atoms with E-state index in [2.05, 4.69) is 185 Å². The van der Waals surface area contributed by atoms with E-state index in [9.17, 15) is 0 Å². The van der Waals surface area contributed by atoms with E-state index in [1.54, 1.807) is 0 Å². The summed E-state index contributed by atoms with van der Waals surface area (Å²) in [5.41, 5.74) is 13.5. The third-order valence-corrected chi connectivity index (χ3v) is 10.5. The van der Waals surface area contributed by atoms with Gasteiger partial charge in [-0.15, -0.1) is 0 Å². The highest BCUT2D eigenvalue weighted by molar-refractivity contribution is 6.29. The minimum Gasteiger partial charge on any atom is -0.454 e. The highest BCUT2D eigenvalue weighted by atomic mass is 16.3. The summed E-state index contributed by atoms with van der Waals surface area (Å²) in [5, 5.41) is 7.23. The number of hydrogen-bond donors (Lipinski definition) is 0. The predicted molar refractivity (Wildman–Crippen MR) is 213 cm³/mol. The van der Waals surface area contributed by atoms with Crippen molar-refractivity contribution in [3.05, 3.63) is 182 Å². The Balaban J connectivity index is 1.13. The molecule has 238 valence electrons. The van der Waals surface area contributed by atoms with Crippen LogP contribution in [0.25, 0.3) is 99.2 Å². The number of furan rings is 1. The summed E-state index contributed by atoms with van der Waals surface area (Å²) in [6.45, 7) is 0. The third kappa shape index (κ3) is 4.12. The molecule has 11 rings (SSSR count). The molecule has 0 aliphatic carbocycles. The van der Waals surface area contributed by atoms with Gasteiger partial charge in [0.05, 0.1) is 27.8 Å². The lowest BCUT2D eigenvalue weighted by Gasteiger charge is -2.11. The Morgan fingerprint density at radius 3 is 1.59 bits per heavy atom. The maximum atomic E-state index is 6.57. The fourth-order valence-corrected chi connectivity index (χ4v) is 8.28. The number of aromatic nitrogens is 2. The van der Waals surface area contributed by atoms with Crippen molar-refractivity contribution in [2.45, 2.75) is 0 Å². The van der Waals surface area contributed by atoms with Crippen molar-refractivity contribution in [2.24, 2.45) is 0 Å². The maximum Gasteiger partial charge on any atom is 0.159 e. The first-order valence-corrected chi connectivity index (χ1v) is 17.4. The van der Waals surface area contributed by atoms with E-state index in [-0.39, 0.29) is 0 Å². The number of hydrogen-bond acceptors (Lipinski definition) is 1. The quantitative estimate of drug-likeness (QED) is 0.186. The van der Waals surface area contributed by atoms with E-state index in [0.717, 1.165) is 44.3 Å². The SMILES string of the molecule is c1ccc(-c2cccc(-c3ccc(-n4c5ccccc5c5c6c7ccccc7n(-c7cccc8c7oc7ccccc78)c6ccc54)cc3)c2)cc1. The minimum absolute atomic E-state index is 0.901. The van der Waals surface area contributed by atoms with Crippen LogP contribution in [0.1, 0.15) is 0 Å². The van der Waals surface area contributed by atoms with E-state index >= 15 is 0 Å². The molecule has 3 aromatic heterocycles. The molecule has 0 bridgehead atoms. The number of fused-ring (bicyclic) bond motifs is 10. The lowest BCUT2D eigenvalue weighted by atomic mass is 9.99. The lowest BCUT2D eigenvalue weighted by Crippen LogP contribution is -1.95. The van der Waals surface area contributed by atoms with Gasteiger partial charge in [-0.25, -0.2) is 0 Å². The zero-order valence-corrected chi connectivity index (χ0v) is 27.6. The van der Waals surface area contributed by atoms with E-state index in [0.29, 0.717) is 0 Å². The van der Waals surface area contributed by atoms with Crippen molar-refractivity contribution >= 4 is 65.6 Å². The second-order valence-electron chi connectivity index (χ2n) is 13.3. The van der Waals surface area contributed by atoms with E-state index in [4.69, 9.17) is 4.42 Å². The molecule has 0 aliphatic rings. The summed E-state index contributed by atoms with van der Waals surface area (Å²) in [5.74, 6) is 0. The molecule has 0 N–H and O–H groups in total. The average molecular weight is 651 g/mol. The highest BCUT2D eigenvalue weighted by Gasteiger charge is 2.22. The van der Waals surface area contributed by atoms with Crippen molar-refractivity contribution in [3.63, 3.8) is 0 Å². The Hall–Kier alpha value is -6.84. The molecule has 3 nitrogen and oxygen atoms in total. The Bertz CT molecular complexity index is 3120. The van der Waals surface area contributed by atoms with Gasteiger partial charge < -0.3 is 13.6 Å². The average Bonchev–Trinajstić information content (AvgIpc) is 3.86. The molecule has 51 heavy (non-hydrogen) atoms. The van der Waals surface area contributed by atoms with Gasteiger partial charge in [-0.05, 0) is 76.9 Å². The summed E-state index contributed by atoms with van der Waals surface area (Å²) in [7, 11) is 0. The first-order chi connectivity index (χ1) is 25.3. The van der Waals surface area contributed by atoms with Crippen LogP contribution in [0.15, 0.2) is 186 Å². The van der Waals surface area contributed by atoms with Crippen molar-refractivity contribution < 1.29 is 4.42 Å². The van der Waals surface area contributed by atoms with Crippen LogP contribution in [0.3, 0.4) is 0 Å². The summed E-state index contributed by atoms with van der Waals surface area (Å²) < 4.78 is 11.4. The Morgan fingerprint density at radius 1 is 0.333 bits per heavy atom. The summed E-state index contributed by atoms with van der Waals surface area (Å²) in [6, 6.07) is 65.4. The Morgan fingerprint density at radius 2 is 0.863 bits per heavy atom. The number of benzene rings is 8. The molecule has 0 saturated heterocycles. The van der Waals surface area contributed by atoms with Crippen LogP contribution >= 0.6 is 0 Å². The third-order valence-electron chi connectivity index (χ3n) is 10.5. The number of rotatable bonds is 4. The molecule has 3 heteroatoms. The topological polar surface area (TPSA) is 23.0 Å².